The molecule has 0 spiro atoms. The Morgan fingerprint density at radius 1 is 1.09 bits per heavy atom. The minimum Gasteiger partial charge on any atom is -0.458 e. The van der Waals surface area contributed by atoms with Gasteiger partial charge in [-0.15, -0.1) is 11.3 Å². The topological polar surface area (TPSA) is 68.7 Å². The Hall–Kier alpha value is -2.74. The van der Waals surface area contributed by atoms with E-state index in [-0.39, 0.29) is 12.5 Å². The van der Waals surface area contributed by atoms with Crippen LogP contribution in [0.2, 0.25) is 5.02 Å². The molecule has 1 aromatic heterocycles. The maximum absolute atomic E-state index is 13.3. The van der Waals surface area contributed by atoms with E-state index in [1.807, 2.05) is 53.9 Å². The van der Waals surface area contributed by atoms with E-state index in [9.17, 15) is 9.59 Å². The van der Waals surface area contributed by atoms with Crippen molar-refractivity contribution in [3.8, 4) is 11.3 Å². The van der Waals surface area contributed by atoms with Crippen LogP contribution in [0.1, 0.15) is 26.3 Å². The van der Waals surface area contributed by atoms with Gasteiger partial charge in [-0.2, -0.15) is 0 Å². The summed E-state index contributed by atoms with van der Waals surface area (Å²) in [6.07, 6.45) is -0.562. The number of nitrogens with zero attached hydrogens (tertiary/aromatic N) is 2. The number of carbonyl (C=O) groups is 2. The first-order chi connectivity index (χ1) is 15.6. The molecule has 2 aromatic carbocycles. The fraction of sp³-hybridized carbons (Fsp3) is 0.320. The highest BCUT2D eigenvalue weighted by atomic mass is 35.5. The predicted octanol–water partition coefficient (Wildman–Crippen LogP) is 5.40. The second kappa shape index (κ2) is 10.9. The molecule has 0 aliphatic rings. The molecule has 0 bridgehead atoms. The molecule has 3 rings (SSSR count). The van der Waals surface area contributed by atoms with E-state index in [4.69, 9.17) is 21.1 Å². The Balaban J connectivity index is 1.77. The van der Waals surface area contributed by atoms with Gasteiger partial charge in [0.25, 0.3) is 5.91 Å². The Kier molecular flexibility index (Phi) is 8.24. The van der Waals surface area contributed by atoms with Crippen molar-refractivity contribution in [2.75, 3.05) is 18.6 Å². The fourth-order valence-electron chi connectivity index (χ4n) is 3.11. The molecule has 33 heavy (non-hydrogen) atoms. The molecule has 174 valence electrons. The number of carbonyl (C=O) groups excluding carboxylic acids is 2. The van der Waals surface area contributed by atoms with Gasteiger partial charge in [0.1, 0.15) is 18.3 Å². The van der Waals surface area contributed by atoms with E-state index in [1.165, 1.54) is 16.2 Å². The van der Waals surface area contributed by atoms with Gasteiger partial charge < -0.3 is 9.47 Å². The molecule has 1 heterocycles. The minimum absolute atomic E-state index is 0.303. The highest BCUT2D eigenvalue weighted by molar-refractivity contribution is 7.14. The zero-order valence-electron chi connectivity index (χ0n) is 19.1. The van der Waals surface area contributed by atoms with Crippen molar-refractivity contribution in [1.29, 1.82) is 0 Å². The van der Waals surface area contributed by atoms with Crippen molar-refractivity contribution in [1.82, 2.24) is 4.98 Å². The highest BCUT2D eigenvalue weighted by Crippen LogP contribution is 2.31. The molecule has 1 unspecified atom stereocenters. The van der Waals surface area contributed by atoms with E-state index in [1.54, 1.807) is 33.9 Å². The third kappa shape index (κ3) is 7.12. The van der Waals surface area contributed by atoms with E-state index in [2.05, 4.69) is 4.98 Å². The first-order valence-corrected chi connectivity index (χ1v) is 11.7. The summed E-state index contributed by atoms with van der Waals surface area (Å²) in [5.41, 5.74) is 1.77. The minimum atomic E-state index is -0.877. The standard InChI is InChI=1S/C25H27ClN2O4S/c1-25(2,3)32-22(29)15-31-21(14-17-10-6-5-7-11-17)23(30)28(4)24-27-20(16-33-24)18-12-8-9-13-19(18)26/h5-13,16,21H,14-15H2,1-4H3. The molecule has 3 aromatic rings. The van der Waals surface area contributed by atoms with Gasteiger partial charge in [0, 0.05) is 29.4 Å². The quantitative estimate of drug-likeness (QED) is 0.399. The van der Waals surface area contributed by atoms with Crippen LogP contribution >= 0.6 is 22.9 Å². The van der Waals surface area contributed by atoms with E-state index < -0.39 is 17.7 Å². The Morgan fingerprint density at radius 2 is 1.76 bits per heavy atom. The molecular formula is C25H27ClN2O4S. The molecule has 1 atom stereocenters. The lowest BCUT2D eigenvalue weighted by atomic mass is 10.1. The summed E-state index contributed by atoms with van der Waals surface area (Å²) in [5, 5.41) is 2.95. The molecule has 8 heteroatoms. The van der Waals surface area contributed by atoms with Crippen molar-refractivity contribution >= 4 is 39.9 Å². The number of halogens is 1. The monoisotopic (exact) mass is 486 g/mol. The lowest BCUT2D eigenvalue weighted by Crippen LogP contribution is -2.41. The maximum atomic E-state index is 13.3. The van der Waals surface area contributed by atoms with Crippen molar-refractivity contribution in [2.45, 2.75) is 38.9 Å². The average Bonchev–Trinajstić information content (AvgIpc) is 3.25. The molecular weight excluding hydrogens is 460 g/mol. The molecule has 0 fully saturated rings. The van der Waals surface area contributed by atoms with Gasteiger partial charge >= 0.3 is 5.97 Å². The van der Waals surface area contributed by atoms with Gasteiger partial charge in [-0.1, -0.05) is 60.1 Å². The lowest BCUT2D eigenvalue weighted by Gasteiger charge is -2.24. The molecule has 0 aliphatic carbocycles. The molecule has 0 radical (unpaired) electrons. The van der Waals surface area contributed by atoms with Crippen LogP contribution in [0, 0.1) is 0 Å². The van der Waals surface area contributed by atoms with Crippen molar-refractivity contribution in [3.05, 3.63) is 70.6 Å². The first kappa shape index (κ1) is 24.9. The number of anilines is 1. The van der Waals surface area contributed by atoms with Crippen LogP contribution in [0.4, 0.5) is 5.13 Å². The molecule has 1 amide bonds. The van der Waals surface area contributed by atoms with Crippen LogP contribution in [-0.2, 0) is 25.5 Å². The van der Waals surface area contributed by atoms with E-state index in [0.29, 0.717) is 22.3 Å². The third-order valence-electron chi connectivity index (χ3n) is 4.62. The Bertz CT molecular complexity index is 1100. The summed E-state index contributed by atoms with van der Waals surface area (Å²) in [5.74, 6) is -0.825. The lowest BCUT2D eigenvalue weighted by molar-refractivity contribution is -0.163. The van der Waals surface area contributed by atoms with Crippen molar-refractivity contribution in [2.24, 2.45) is 0 Å². The number of rotatable bonds is 8. The number of aromatic nitrogens is 1. The fourth-order valence-corrected chi connectivity index (χ4v) is 4.13. The smallest absolute Gasteiger partial charge is 0.332 e. The maximum Gasteiger partial charge on any atom is 0.332 e. The summed E-state index contributed by atoms with van der Waals surface area (Å²) < 4.78 is 11.1. The summed E-state index contributed by atoms with van der Waals surface area (Å²) in [6.45, 7) is 5.02. The summed E-state index contributed by atoms with van der Waals surface area (Å²) in [4.78, 5) is 31.6. The van der Waals surface area contributed by atoms with Crippen LogP contribution in [0.5, 0.6) is 0 Å². The van der Waals surface area contributed by atoms with Gasteiger partial charge in [0.2, 0.25) is 0 Å². The number of amides is 1. The van der Waals surface area contributed by atoms with Crippen LogP contribution in [0.15, 0.2) is 60.0 Å². The van der Waals surface area contributed by atoms with Crippen LogP contribution in [0.3, 0.4) is 0 Å². The average molecular weight is 487 g/mol. The number of hydrogen-bond acceptors (Lipinski definition) is 6. The largest absolute Gasteiger partial charge is 0.458 e. The number of thiazole rings is 1. The molecule has 0 aliphatic heterocycles. The van der Waals surface area contributed by atoms with E-state index >= 15 is 0 Å². The van der Waals surface area contributed by atoms with Gasteiger partial charge in [-0.25, -0.2) is 9.78 Å². The highest BCUT2D eigenvalue weighted by Gasteiger charge is 2.28. The Labute approximate surface area is 203 Å². The predicted molar refractivity (Wildman–Crippen MR) is 132 cm³/mol. The van der Waals surface area contributed by atoms with Crippen molar-refractivity contribution < 1.29 is 19.1 Å². The summed E-state index contributed by atoms with van der Waals surface area (Å²) >= 11 is 7.62. The summed E-state index contributed by atoms with van der Waals surface area (Å²) in [7, 11) is 1.65. The number of likely N-dealkylation sites (N-methyl/N-ethyl adjacent to an activating group) is 1. The SMILES string of the molecule is CN(C(=O)C(Cc1ccccc1)OCC(=O)OC(C)(C)C)c1nc(-c2ccccc2Cl)cs1. The van der Waals surface area contributed by atoms with Crippen LogP contribution < -0.4 is 4.90 Å². The molecule has 0 saturated heterocycles. The zero-order chi connectivity index (χ0) is 24.0. The second-order valence-electron chi connectivity index (χ2n) is 8.47. The van der Waals surface area contributed by atoms with Crippen LogP contribution in [0.25, 0.3) is 11.3 Å². The molecule has 6 nitrogen and oxygen atoms in total. The summed E-state index contributed by atoms with van der Waals surface area (Å²) in [6, 6.07) is 16.9. The number of benzene rings is 2. The zero-order valence-corrected chi connectivity index (χ0v) is 20.7. The number of esters is 1. The number of hydrogen-bond donors (Lipinski definition) is 0. The third-order valence-corrected chi connectivity index (χ3v) is 5.87. The van der Waals surface area contributed by atoms with E-state index in [0.717, 1.165) is 11.1 Å². The normalized spacial score (nSPS) is 12.3. The van der Waals surface area contributed by atoms with Crippen molar-refractivity contribution in [3.63, 3.8) is 0 Å². The molecule has 0 saturated carbocycles. The van der Waals surface area contributed by atoms with Gasteiger partial charge in [0.15, 0.2) is 5.13 Å². The van der Waals surface area contributed by atoms with Gasteiger partial charge in [-0.05, 0) is 32.4 Å². The second-order valence-corrected chi connectivity index (χ2v) is 9.71. The first-order valence-electron chi connectivity index (χ1n) is 10.5. The van der Waals surface area contributed by atoms with Crippen LogP contribution in [-0.4, -0.2) is 42.2 Å². The number of ether oxygens (including phenoxy) is 2. The van der Waals surface area contributed by atoms with Gasteiger partial charge in [-0.3, -0.25) is 9.69 Å². The Morgan fingerprint density at radius 3 is 2.42 bits per heavy atom. The van der Waals surface area contributed by atoms with Gasteiger partial charge in [0.05, 0.1) is 5.69 Å². The molecule has 0 N–H and O–H groups in total.